The Morgan fingerprint density at radius 1 is 1.30 bits per heavy atom. The first-order valence-corrected chi connectivity index (χ1v) is 7.96. The third-order valence-electron chi connectivity index (χ3n) is 3.60. The van der Waals surface area contributed by atoms with Gasteiger partial charge in [-0.05, 0) is 59.7 Å². The molecule has 0 fully saturated rings. The lowest BCUT2D eigenvalue weighted by molar-refractivity contribution is 0.0633. The van der Waals surface area contributed by atoms with E-state index in [0.29, 0.717) is 6.10 Å². The maximum absolute atomic E-state index is 9.42. The molecule has 0 aliphatic rings. The minimum atomic E-state index is -0.342. The quantitative estimate of drug-likeness (QED) is 0.598. The van der Waals surface area contributed by atoms with E-state index in [1.54, 1.807) is 0 Å². The fourth-order valence-corrected chi connectivity index (χ4v) is 2.14. The van der Waals surface area contributed by atoms with Crippen LogP contribution in [0.2, 0.25) is 0 Å². The molecule has 0 aromatic rings. The minimum Gasteiger partial charge on any atom is -0.377 e. The highest BCUT2D eigenvalue weighted by atomic mass is 16.5. The average molecular weight is 283 g/mol. The Morgan fingerprint density at radius 2 is 2.00 bits per heavy atom. The van der Waals surface area contributed by atoms with E-state index in [0.717, 1.165) is 51.9 Å². The molecule has 1 atom stereocenters. The van der Waals surface area contributed by atoms with Gasteiger partial charge in [-0.3, -0.25) is 5.32 Å². The van der Waals surface area contributed by atoms with E-state index in [-0.39, 0.29) is 5.54 Å². The van der Waals surface area contributed by atoms with Gasteiger partial charge in [-0.25, -0.2) is 0 Å². The van der Waals surface area contributed by atoms with Gasteiger partial charge in [0.2, 0.25) is 0 Å². The van der Waals surface area contributed by atoms with Crippen LogP contribution in [0.15, 0.2) is 0 Å². The van der Waals surface area contributed by atoms with Crippen LogP contribution < -0.4 is 5.32 Å². The highest BCUT2D eigenvalue weighted by molar-refractivity contribution is 5.06. The number of ether oxygens (including phenoxy) is 1. The van der Waals surface area contributed by atoms with Gasteiger partial charge in [0.15, 0.2) is 0 Å². The van der Waals surface area contributed by atoms with Crippen molar-refractivity contribution in [2.75, 3.05) is 33.3 Å². The standard InChI is InChI=1S/C16H33N3O/c1-6-10-18-16(7-2,14-17)9-8-11-19(5)12-13-20-15(3)4/h15,18H,6-13H2,1-5H3. The van der Waals surface area contributed by atoms with Crippen molar-refractivity contribution < 1.29 is 4.74 Å². The first-order chi connectivity index (χ1) is 9.49. The number of hydrogen-bond donors (Lipinski definition) is 1. The zero-order chi connectivity index (χ0) is 15.4. The first-order valence-electron chi connectivity index (χ1n) is 7.96. The molecule has 4 nitrogen and oxygen atoms in total. The summed E-state index contributed by atoms with van der Waals surface area (Å²) in [6.07, 6.45) is 4.18. The number of likely N-dealkylation sites (N-methyl/N-ethyl adjacent to an activating group) is 1. The van der Waals surface area contributed by atoms with Crippen LogP contribution in [0.3, 0.4) is 0 Å². The number of rotatable bonds is 12. The summed E-state index contributed by atoms with van der Waals surface area (Å²) in [6, 6.07) is 2.48. The van der Waals surface area contributed by atoms with Gasteiger partial charge in [0.1, 0.15) is 5.54 Å². The Balaban J connectivity index is 3.96. The van der Waals surface area contributed by atoms with Crippen molar-refractivity contribution in [3.8, 4) is 6.07 Å². The third kappa shape index (κ3) is 8.52. The second kappa shape index (κ2) is 11.1. The molecule has 0 saturated heterocycles. The van der Waals surface area contributed by atoms with Gasteiger partial charge in [0.05, 0.1) is 18.8 Å². The summed E-state index contributed by atoms with van der Waals surface area (Å²) in [6.45, 7) is 12.0. The normalized spacial score (nSPS) is 14.5. The maximum atomic E-state index is 9.42. The lowest BCUT2D eigenvalue weighted by atomic mass is 9.91. The van der Waals surface area contributed by atoms with Crippen LogP contribution in [0.1, 0.15) is 53.4 Å². The fourth-order valence-electron chi connectivity index (χ4n) is 2.14. The average Bonchev–Trinajstić information content (AvgIpc) is 2.42. The van der Waals surface area contributed by atoms with E-state index in [2.05, 4.69) is 51.0 Å². The van der Waals surface area contributed by atoms with Gasteiger partial charge < -0.3 is 9.64 Å². The Labute approximate surface area is 125 Å². The molecule has 0 aromatic heterocycles. The lowest BCUT2D eigenvalue weighted by Crippen LogP contribution is -2.44. The molecule has 0 aliphatic heterocycles. The summed E-state index contributed by atoms with van der Waals surface area (Å²) < 4.78 is 5.55. The molecule has 118 valence electrons. The van der Waals surface area contributed by atoms with E-state index in [4.69, 9.17) is 4.74 Å². The second-order valence-corrected chi connectivity index (χ2v) is 5.80. The van der Waals surface area contributed by atoms with Gasteiger partial charge in [-0.2, -0.15) is 5.26 Å². The van der Waals surface area contributed by atoms with Crippen LogP contribution in [0.4, 0.5) is 0 Å². The molecule has 0 spiro atoms. The Bertz CT molecular complexity index is 275. The monoisotopic (exact) mass is 283 g/mol. The smallest absolute Gasteiger partial charge is 0.106 e. The van der Waals surface area contributed by atoms with Gasteiger partial charge in [0, 0.05) is 6.54 Å². The van der Waals surface area contributed by atoms with Gasteiger partial charge in [-0.15, -0.1) is 0 Å². The van der Waals surface area contributed by atoms with Gasteiger partial charge in [-0.1, -0.05) is 13.8 Å². The van der Waals surface area contributed by atoms with E-state index in [9.17, 15) is 5.26 Å². The van der Waals surface area contributed by atoms with E-state index in [1.165, 1.54) is 0 Å². The minimum absolute atomic E-state index is 0.299. The van der Waals surface area contributed by atoms with Gasteiger partial charge >= 0.3 is 0 Å². The number of hydrogen-bond acceptors (Lipinski definition) is 4. The van der Waals surface area contributed by atoms with E-state index in [1.807, 2.05) is 0 Å². The van der Waals surface area contributed by atoms with Crippen molar-refractivity contribution in [1.82, 2.24) is 10.2 Å². The summed E-state index contributed by atoms with van der Waals surface area (Å²) in [7, 11) is 2.11. The second-order valence-electron chi connectivity index (χ2n) is 5.80. The SMILES string of the molecule is CCCNC(C#N)(CC)CCCN(C)CCOC(C)C. The van der Waals surface area contributed by atoms with Crippen LogP contribution >= 0.6 is 0 Å². The third-order valence-corrected chi connectivity index (χ3v) is 3.60. The van der Waals surface area contributed by atoms with E-state index >= 15 is 0 Å². The fraction of sp³-hybridized carbons (Fsp3) is 0.938. The number of nitrogens with zero attached hydrogens (tertiary/aromatic N) is 2. The highest BCUT2D eigenvalue weighted by Crippen LogP contribution is 2.16. The van der Waals surface area contributed by atoms with Crippen molar-refractivity contribution >= 4 is 0 Å². The largest absolute Gasteiger partial charge is 0.377 e. The van der Waals surface area contributed by atoms with Crippen molar-refractivity contribution in [2.45, 2.75) is 65.0 Å². The summed E-state index contributed by atoms with van der Waals surface area (Å²) in [5.74, 6) is 0. The molecular weight excluding hydrogens is 250 g/mol. The summed E-state index contributed by atoms with van der Waals surface area (Å²) in [5.41, 5.74) is -0.342. The van der Waals surface area contributed by atoms with Crippen molar-refractivity contribution in [3.63, 3.8) is 0 Å². The molecule has 1 N–H and O–H groups in total. The van der Waals surface area contributed by atoms with Crippen molar-refractivity contribution in [1.29, 1.82) is 5.26 Å². The molecule has 0 bridgehead atoms. The highest BCUT2D eigenvalue weighted by Gasteiger charge is 2.26. The predicted octanol–water partition coefficient (Wildman–Crippen LogP) is 2.80. The zero-order valence-corrected chi connectivity index (χ0v) is 14.0. The number of nitrogens with one attached hydrogen (secondary N) is 1. The van der Waals surface area contributed by atoms with Crippen molar-refractivity contribution in [3.05, 3.63) is 0 Å². The molecule has 0 amide bonds. The van der Waals surface area contributed by atoms with Gasteiger partial charge in [0.25, 0.3) is 0 Å². The van der Waals surface area contributed by atoms with Crippen LogP contribution in [-0.4, -0.2) is 49.8 Å². The maximum Gasteiger partial charge on any atom is 0.106 e. The predicted molar refractivity (Wildman–Crippen MR) is 84.7 cm³/mol. The Hall–Kier alpha value is -0.630. The summed E-state index contributed by atoms with van der Waals surface area (Å²) in [5, 5.41) is 12.8. The summed E-state index contributed by atoms with van der Waals surface area (Å²) in [4.78, 5) is 2.28. The van der Waals surface area contributed by atoms with Crippen LogP contribution in [0.5, 0.6) is 0 Å². The molecule has 0 aromatic carbocycles. The molecule has 0 radical (unpaired) electrons. The molecule has 0 saturated carbocycles. The molecule has 0 heterocycles. The first kappa shape index (κ1) is 19.4. The molecule has 20 heavy (non-hydrogen) atoms. The van der Waals surface area contributed by atoms with Crippen LogP contribution in [0, 0.1) is 11.3 Å². The number of nitriles is 1. The van der Waals surface area contributed by atoms with E-state index < -0.39 is 0 Å². The lowest BCUT2D eigenvalue weighted by Gasteiger charge is -2.27. The Morgan fingerprint density at radius 3 is 2.50 bits per heavy atom. The Kier molecular flexibility index (Phi) is 10.7. The van der Waals surface area contributed by atoms with Crippen LogP contribution in [0.25, 0.3) is 0 Å². The van der Waals surface area contributed by atoms with Crippen LogP contribution in [-0.2, 0) is 4.74 Å². The summed E-state index contributed by atoms with van der Waals surface area (Å²) >= 11 is 0. The topological polar surface area (TPSA) is 48.3 Å². The van der Waals surface area contributed by atoms with Crippen molar-refractivity contribution in [2.24, 2.45) is 0 Å². The zero-order valence-electron chi connectivity index (χ0n) is 14.0. The molecule has 0 rings (SSSR count). The molecule has 0 aliphatic carbocycles. The molecular formula is C16H33N3O. The molecule has 4 heteroatoms. The molecule has 1 unspecified atom stereocenters.